The molecule has 2 aromatic heterocycles. The number of thiazole rings is 1. The number of methoxy groups -OCH3 is 1. The Labute approximate surface area is 168 Å². The zero-order chi connectivity index (χ0) is 20.4. The summed E-state index contributed by atoms with van der Waals surface area (Å²) in [6.45, 7) is -0.271. The van der Waals surface area contributed by atoms with Crippen molar-refractivity contribution in [3.63, 3.8) is 0 Å². The zero-order valence-corrected chi connectivity index (χ0v) is 16.1. The van der Waals surface area contributed by atoms with E-state index in [-0.39, 0.29) is 12.4 Å². The Morgan fingerprint density at radius 2 is 1.97 bits per heavy atom. The first-order valence-corrected chi connectivity index (χ1v) is 9.42. The van der Waals surface area contributed by atoms with E-state index >= 15 is 0 Å². The molecular weight excluding hydrogens is 395 g/mol. The summed E-state index contributed by atoms with van der Waals surface area (Å²) in [4.78, 5) is 28.9. The van der Waals surface area contributed by atoms with E-state index in [1.165, 1.54) is 35.6 Å². The Kier molecular flexibility index (Phi) is 5.05. The van der Waals surface area contributed by atoms with Gasteiger partial charge in [0.1, 0.15) is 18.1 Å². The van der Waals surface area contributed by atoms with Gasteiger partial charge in [-0.3, -0.25) is 9.59 Å². The van der Waals surface area contributed by atoms with Gasteiger partial charge in [0.25, 0.3) is 5.56 Å². The Hall–Kier alpha value is -3.59. The molecule has 29 heavy (non-hydrogen) atoms. The number of nitrogens with one attached hydrogen (secondary N) is 1. The molecule has 1 amide bonds. The van der Waals surface area contributed by atoms with E-state index < -0.39 is 11.5 Å². The third-order valence-electron chi connectivity index (χ3n) is 4.14. The number of halogens is 1. The van der Waals surface area contributed by atoms with Crippen LogP contribution in [0.2, 0.25) is 0 Å². The largest absolute Gasteiger partial charge is 0.497 e. The van der Waals surface area contributed by atoms with Gasteiger partial charge in [-0.15, -0.1) is 0 Å². The van der Waals surface area contributed by atoms with E-state index in [2.05, 4.69) is 15.4 Å². The Balaban J connectivity index is 1.53. The number of benzene rings is 2. The minimum absolute atomic E-state index is 0.271. The fourth-order valence-electron chi connectivity index (χ4n) is 2.72. The van der Waals surface area contributed by atoms with Gasteiger partial charge in [0.05, 0.1) is 23.0 Å². The highest BCUT2D eigenvalue weighted by molar-refractivity contribution is 7.22. The van der Waals surface area contributed by atoms with Crippen molar-refractivity contribution in [2.24, 2.45) is 0 Å². The molecule has 0 fully saturated rings. The van der Waals surface area contributed by atoms with Crippen LogP contribution in [0.3, 0.4) is 0 Å². The average Bonchev–Trinajstić information content (AvgIpc) is 3.11. The maximum atomic E-state index is 13.1. The molecule has 9 heteroatoms. The van der Waals surface area contributed by atoms with E-state index in [0.29, 0.717) is 22.1 Å². The molecule has 1 N–H and O–H groups in total. The molecule has 0 spiro atoms. The molecule has 0 atom stereocenters. The molecule has 0 saturated heterocycles. The van der Waals surface area contributed by atoms with Gasteiger partial charge >= 0.3 is 0 Å². The second kappa shape index (κ2) is 7.80. The predicted octanol–water partition coefficient (Wildman–Crippen LogP) is 3.31. The Bertz CT molecular complexity index is 1250. The van der Waals surface area contributed by atoms with Crippen molar-refractivity contribution in [1.29, 1.82) is 0 Å². The molecule has 0 saturated carbocycles. The van der Waals surface area contributed by atoms with Crippen molar-refractivity contribution in [2.45, 2.75) is 6.54 Å². The number of carbonyl (C=O) groups is 1. The molecule has 0 unspecified atom stereocenters. The van der Waals surface area contributed by atoms with Crippen LogP contribution in [0.15, 0.2) is 59.4 Å². The summed E-state index contributed by atoms with van der Waals surface area (Å²) < 4.78 is 20.2. The fourth-order valence-corrected chi connectivity index (χ4v) is 3.63. The van der Waals surface area contributed by atoms with E-state index in [0.717, 1.165) is 14.9 Å². The smallest absolute Gasteiger partial charge is 0.267 e. The molecule has 146 valence electrons. The normalized spacial score (nSPS) is 10.8. The van der Waals surface area contributed by atoms with Crippen molar-refractivity contribution in [3.05, 3.63) is 70.8 Å². The summed E-state index contributed by atoms with van der Waals surface area (Å²) in [5, 5.41) is 7.31. The highest BCUT2D eigenvalue weighted by atomic mass is 32.1. The number of nitrogens with zero attached hydrogens (tertiary/aromatic N) is 3. The molecule has 0 aliphatic heterocycles. The lowest BCUT2D eigenvalue weighted by molar-refractivity contribution is -0.117. The highest BCUT2D eigenvalue weighted by Crippen LogP contribution is 2.29. The molecule has 0 aliphatic carbocycles. The molecular formula is C20H15FN4O3S. The first kappa shape index (κ1) is 18.8. The summed E-state index contributed by atoms with van der Waals surface area (Å²) in [5.74, 6) is -0.0934. The third kappa shape index (κ3) is 4.14. The van der Waals surface area contributed by atoms with Gasteiger partial charge in [-0.2, -0.15) is 5.10 Å². The maximum Gasteiger partial charge on any atom is 0.267 e. The average molecular weight is 410 g/mol. The number of anilines is 1. The number of carbonyl (C=O) groups excluding carboxylic acids is 1. The molecule has 2 aromatic carbocycles. The van der Waals surface area contributed by atoms with Gasteiger partial charge in [-0.05, 0) is 48.5 Å². The van der Waals surface area contributed by atoms with Crippen LogP contribution in [-0.2, 0) is 11.3 Å². The Morgan fingerprint density at radius 3 is 2.72 bits per heavy atom. The first-order valence-electron chi connectivity index (χ1n) is 8.60. The van der Waals surface area contributed by atoms with Crippen molar-refractivity contribution in [2.75, 3.05) is 12.4 Å². The van der Waals surface area contributed by atoms with E-state index in [1.807, 2.05) is 6.07 Å². The van der Waals surface area contributed by atoms with Gasteiger partial charge in [0.2, 0.25) is 5.91 Å². The van der Waals surface area contributed by atoms with Gasteiger partial charge in [-0.1, -0.05) is 11.3 Å². The topological polar surface area (TPSA) is 86.1 Å². The van der Waals surface area contributed by atoms with Crippen molar-refractivity contribution >= 4 is 32.6 Å². The zero-order valence-electron chi connectivity index (χ0n) is 15.3. The number of rotatable bonds is 5. The number of hydrogen-bond acceptors (Lipinski definition) is 6. The quantitative estimate of drug-likeness (QED) is 0.546. The second-order valence-corrected chi connectivity index (χ2v) is 7.15. The lowest BCUT2D eigenvalue weighted by Gasteiger charge is -2.07. The molecule has 0 aliphatic rings. The highest BCUT2D eigenvalue weighted by Gasteiger charge is 2.12. The fraction of sp³-hybridized carbons (Fsp3) is 0.100. The van der Waals surface area contributed by atoms with Crippen LogP contribution in [0.5, 0.6) is 5.75 Å². The van der Waals surface area contributed by atoms with E-state index in [9.17, 15) is 14.0 Å². The Morgan fingerprint density at radius 1 is 1.17 bits per heavy atom. The number of hydrogen-bond donors (Lipinski definition) is 1. The number of ether oxygens (including phenoxy) is 1. The van der Waals surface area contributed by atoms with Crippen molar-refractivity contribution < 1.29 is 13.9 Å². The van der Waals surface area contributed by atoms with Crippen LogP contribution in [0, 0.1) is 5.82 Å². The van der Waals surface area contributed by atoms with Crippen LogP contribution in [0.25, 0.3) is 21.5 Å². The summed E-state index contributed by atoms with van der Waals surface area (Å²) in [6.07, 6.45) is 0. The van der Waals surface area contributed by atoms with Crippen LogP contribution >= 0.6 is 11.3 Å². The number of fused-ring (bicyclic) bond motifs is 1. The van der Waals surface area contributed by atoms with Gasteiger partial charge in [-0.25, -0.2) is 14.1 Å². The van der Waals surface area contributed by atoms with Crippen LogP contribution in [0.4, 0.5) is 9.52 Å². The summed E-state index contributed by atoms with van der Waals surface area (Å²) in [6, 6.07) is 14.0. The monoisotopic (exact) mass is 410 g/mol. The number of aromatic nitrogens is 3. The number of amides is 1. The molecule has 0 bridgehead atoms. The van der Waals surface area contributed by atoms with Crippen molar-refractivity contribution in [1.82, 2.24) is 14.8 Å². The predicted molar refractivity (Wildman–Crippen MR) is 109 cm³/mol. The van der Waals surface area contributed by atoms with Gasteiger partial charge < -0.3 is 10.1 Å². The van der Waals surface area contributed by atoms with E-state index in [1.54, 1.807) is 31.4 Å². The van der Waals surface area contributed by atoms with E-state index in [4.69, 9.17) is 4.74 Å². The van der Waals surface area contributed by atoms with Crippen LogP contribution in [-0.4, -0.2) is 27.8 Å². The van der Waals surface area contributed by atoms with Gasteiger partial charge in [0.15, 0.2) is 5.13 Å². The summed E-state index contributed by atoms with van der Waals surface area (Å²) >= 11 is 1.30. The molecule has 4 rings (SSSR count). The SMILES string of the molecule is COc1ccc2nc(NC(=O)Cn3nc(-c4ccc(F)cc4)ccc3=O)sc2c1. The molecule has 4 aromatic rings. The second-order valence-electron chi connectivity index (χ2n) is 6.12. The first-order chi connectivity index (χ1) is 14.0. The molecule has 2 heterocycles. The standard InChI is InChI=1S/C20H15FN4O3S/c1-28-14-6-7-16-17(10-14)29-20(22-16)23-18(26)11-25-19(27)9-8-15(24-25)12-2-4-13(21)5-3-12/h2-10H,11H2,1H3,(H,22,23,26). The minimum Gasteiger partial charge on any atom is -0.497 e. The van der Waals surface area contributed by atoms with Crippen LogP contribution < -0.4 is 15.6 Å². The lowest BCUT2D eigenvalue weighted by Crippen LogP contribution is -2.29. The third-order valence-corrected chi connectivity index (χ3v) is 5.08. The maximum absolute atomic E-state index is 13.1. The summed E-state index contributed by atoms with van der Waals surface area (Å²) in [5.41, 5.74) is 1.42. The molecule has 7 nitrogen and oxygen atoms in total. The minimum atomic E-state index is -0.429. The van der Waals surface area contributed by atoms with Crippen molar-refractivity contribution in [3.8, 4) is 17.0 Å². The summed E-state index contributed by atoms with van der Waals surface area (Å²) in [7, 11) is 1.58. The van der Waals surface area contributed by atoms with Crippen LogP contribution in [0.1, 0.15) is 0 Å². The molecule has 0 radical (unpaired) electrons. The van der Waals surface area contributed by atoms with Gasteiger partial charge in [0, 0.05) is 11.6 Å². The lowest BCUT2D eigenvalue weighted by atomic mass is 10.1.